The molecule has 1 aromatic carbocycles. The summed E-state index contributed by atoms with van der Waals surface area (Å²) in [7, 11) is 0. The molecule has 0 radical (unpaired) electrons. The molecular weight excluding hydrogens is 417 g/mol. The maximum absolute atomic E-state index is 13.3. The van der Waals surface area contributed by atoms with E-state index in [9.17, 15) is 14.0 Å². The van der Waals surface area contributed by atoms with Gasteiger partial charge in [0.15, 0.2) is 5.78 Å². The number of ketones is 1. The van der Waals surface area contributed by atoms with Gasteiger partial charge in [-0.3, -0.25) is 14.6 Å². The number of halogens is 1. The van der Waals surface area contributed by atoms with Gasteiger partial charge in [0.25, 0.3) is 5.91 Å². The smallest absolute Gasteiger partial charge is 0.254 e. The lowest BCUT2D eigenvalue weighted by atomic mass is 10.1. The van der Waals surface area contributed by atoms with Gasteiger partial charge in [0.05, 0.1) is 35.2 Å². The van der Waals surface area contributed by atoms with Crippen molar-refractivity contribution in [2.75, 3.05) is 0 Å². The number of rotatable bonds is 7. The standard InChI is InChI=1S/C22H20FN5O2S/c1-3-17(22-27-18(12-31-22)20(29)4-2)26-21(30)16-9-24-11-19-15(16)10-25-28(19)14-7-5-13(23)6-8-14/h5-12,17H,3-4H2,1-2H3,(H,26,30). The predicted octanol–water partition coefficient (Wildman–Crippen LogP) is 4.49. The highest BCUT2D eigenvalue weighted by Crippen LogP contribution is 2.25. The van der Waals surface area contributed by atoms with Crippen LogP contribution >= 0.6 is 11.3 Å². The molecule has 1 atom stereocenters. The zero-order valence-corrected chi connectivity index (χ0v) is 17.8. The van der Waals surface area contributed by atoms with Crippen LogP contribution in [0.5, 0.6) is 0 Å². The van der Waals surface area contributed by atoms with Crippen molar-refractivity contribution in [3.8, 4) is 5.69 Å². The van der Waals surface area contributed by atoms with E-state index < -0.39 is 0 Å². The van der Waals surface area contributed by atoms with E-state index in [1.165, 1.54) is 29.7 Å². The van der Waals surface area contributed by atoms with E-state index in [2.05, 4.69) is 20.4 Å². The summed E-state index contributed by atoms with van der Waals surface area (Å²) >= 11 is 1.36. The van der Waals surface area contributed by atoms with Crippen LogP contribution in [0.25, 0.3) is 16.6 Å². The maximum atomic E-state index is 13.3. The van der Waals surface area contributed by atoms with Gasteiger partial charge >= 0.3 is 0 Å². The largest absolute Gasteiger partial charge is 0.343 e. The van der Waals surface area contributed by atoms with Crippen molar-refractivity contribution in [3.05, 3.63) is 70.3 Å². The lowest BCUT2D eigenvalue weighted by Crippen LogP contribution is -2.28. The monoisotopic (exact) mass is 437 g/mol. The maximum Gasteiger partial charge on any atom is 0.254 e. The third-order valence-corrected chi connectivity index (χ3v) is 5.91. The Kier molecular flexibility index (Phi) is 5.85. The Labute approximate surface area is 182 Å². The van der Waals surface area contributed by atoms with E-state index in [0.717, 1.165) is 0 Å². The van der Waals surface area contributed by atoms with Crippen LogP contribution in [0.4, 0.5) is 4.39 Å². The fourth-order valence-electron chi connectivity index (χ4n) is 3.24. The zero-order valence-electron chi connectivity index (χ0n) is 17.0. The molecule has 0 fully saturated rings. The summed E-state index contributed by atoms with van der Waals surface area (Å²) in [4.78, 5) is 33.5. The number of nitrogens with zero attached hydrogens (tertiary/aromatic N) is 4. The predicted molar refractivity (Wildman–Crippen MR) is 116 cm³/mol. The quantitative estimate of drug-likeness (QED) is 0.430. The topological polar surface area (TPSA) is 89.8 Å². The number of Topliss-reactive ketones (excluding diaryl/α,β-unsaturated/α-hetero) is 1. The number of hydrogen-bond donors (Lipinski definition) is 1. The van der Waals surface area contributed by atoms with Crippen LogP contribution in [-0.2, 0) is 0 Å². The van der Waals surface area contributed by atoms with Crippen molar-refractivity contribution < 1.29 is 14.0 Å². The summed E-state index contributed by atoms with van der Waals surface area (Å²) < 4.78 is 14.9. The van der Waals surface area contributed by atoms with Crippen LogP contribution in [0.1, 0.15) is 58.6 Å². The molecule has 0 aliphatic heterocycles. The van der Waals surface area contributed by atoms with Crippen molar-refractivity contribution in [1.82, 2.24) is 25.1 Å². The third kappa shape index (κ3) is 4.09. The van der Waals surface area contributed by atoms with Crippen LogP contribution < -0.4 is 5.32 Å². The number of thiazole rings is 1. The second-order valence-corrected chi connectivity index (χ2v) is 7.82. The zero-order chi connectivity index (χ0) is 22.0. The van der Waals surface area contributed by atoms with Gasteiger partial charge in [0, 0.05) is 23.4 Å². The van der Waals surface area contributed by atoms with Crippen LogP contribution in [0, 0.1) is 5.82 Å². The Morgan fingerprint density at radius 2 is 1.94 bits per heavy atom. The second-order valence-electron chi connectivity index (χ2n) is 6.93. The van der Waals surface area contributed by atoms with Gasteiger partial charge in [0.2, 0.25) is 0 Å². The molecule has 4 aromatic rings. The number of benzene rings is 1. The highest BCUT2D eigenvalue weighted by Gasteiger charge is 2.21. The number of amides is 1. The molecule has 0 aliphatic carbocycles. The molecule has 0 aliphatic rings. The van der Waals surface area contributed by atoms with E-state index in [-0.39, 0.29) is 23.5 Å². The summed E-state index contributed by atoms with van der Waals surface area (Å²) in [5.41, 5.74) is 2.11. The van der Waals surface area contributed by atoms with Crippen LogP contribution in [0.2, 0.25) is 0 Å². The highest BCUT2D eigenvalue weighted by molar-refractivity contribution is 7.09. The first-order valence-electron chi connectivity index (χ1n) is 9.89. The van der Waals surface area contributed by atoms with E-state index in [0.29, 0.717) is 45.7 Å². The number of pyridine rings is 1. The molecule has 0 spiro atoms. The van der Waals surface area contributed by atoms with Crippen LogP contribution in [0.3, 0.4) is 0 Å². The van der Waals surface area contributed by atoms with E-state index >= 15 is 0 Å². The molecule has 3 heterocycles. The first-order chi connectivity index (χ1) is 15.0. The minimum atomic E-state index is -0.338. The Morgan fingerprint density at radius 1 is 1.16 bits per heavy atom. The van der Waals surface area contributed by atoms with Crippen molar-refractivity contribution in [1.29, 1.82) is 0 Å². The molecule has 1 unspecified atom stereocenters. The summed E-state index contributed by atoms with van der Waals surface area (Å²) in [5.74, 6) is -0.664. The molecule has 7 nitrogen and oxygen atoms in total. The molecule has 4 rings (SSSR count). The molecule has 0 saturated carbocycles. The Morgan fingerprint density at radius 3 is 2.65 bits per heavy atom. The minimum Gasteiger partial charge on any atom is -0.343 e. The minimum absolute atomic E-state index is 0.0224. The number of hydrogen-bond acceptors (Lipinski definition) is 6. The van der Waals surface area contributed by atoms with Crippen molar-refractivity contribution in [3.63, 3.8) is 0 Å². The van der Waals surface area contributed by atoms with Crippen molar-refractivity contribution in [2.45, 2.75) is 32.7 Å². The van der Waals surface area contributed by atoms with E-state index in [1.54, 1.807) is 41.5 Å². The van der Waals surface area contributed by atoms with Gasteiger partial charge < -0.3 is 5.32 Å². The van der Waals surface area contributed by atoms with Gasteiger partial charge in [-0.05, 0) is 30.7 Å². The summed E-state index contributed by atoms with van der Waals surface area (Å²) in [6.45, 7) is 3.74. The van der Waals surface area contributed by atoms with Crippen LogP contribution in [-0.4, -0.2) is 31.4 Å². The van der Waals surface area contributed by atoms with Gasteiger partial charge in [-0.2, -0.15) is 5.10 Å². The molecule has 3 aromatic heterocycles. The summed E-state index contributed by atoms with van der Waals surface area (Å²) in [6, 6.07) is 5.60. The third-order valence-electron chi connectivity index (χ3n) is 4.95. The van der Waals surface area contributed by atoms with Crippen molar-refractivity contribution >= 4 is 33.9 Å². The van der Waals surface area contributed by atoms with Crippen LogP contribution in [0.15, 0.2) is 48.2 Å². The molecule has 1 amide bonds. The molecule has 158 valence electrons. The Balaban J connectivity index is 1.62. The average molecular weight is 438 g/mol. The van der Waals surface area contributed by atoms with Gasteiger partial charge in [0.1, 0.15) is 16.5 Å². The fourth-order valence-corrected chi connectivity index (χ4v) is 4.20. The van der Waals surface area contributed by atoms with Gasteiger partial charge in [-0.1, -0.05) is 13.8 Å². The Hall–Kier alpha value is -3.46. The van der Waals surface area contributed by atoms with E-state index in [4.69, 9.17) is 0 Å². The molecule has 9 heteroatoms. The molecular formula is C22H20FN5O2S. The molecule has 1 N–H and O–H groups in total. The number of fused-ring (bicyclic) bond motifs is 1. The fraction of sp³-hybridized carbons (Fsp3) is 0.227. The lowest BCUT2D eigenvalue weighted by Gasteiger charge is -2.14. The van der Waals surface area contributed by atoms with Gasteiger partial charge in [-0.25, -0.2) is 14.1 Å². The highest BCUT2D eigenvalue weighted by atomic mass is 32.1. The lowest BCUT2D eigenvalue weighted by molar-refractivity contribution is 0.0936. The molecule has 31 heavy (non-hydrogen) atoms. The summed E-state index contributed by atoms with van der Waals surface area (Å²) in [6.07, 6.45) is 5.71. The number of aromatic nitrogens is 4. The SMILES string of the molecule is CCC(=O)c1csc(C(CC)NC(=O)c2cncc3c2cnn3-c2ccc(F)cc2)n1. The van der Waals surface area contributed by atoms with Crippen molar-refractivity contribution in [2.24, 2.45) is 0 Å². The summed E-state index contributed by atoms with van der Waals surface area (Å²) in [5, 5.41) is 10.4. The number of carbonyl (C=O) groups excluding carboxylic acids is 2. The molecule has 0 saturated heterocycles. The first-order valence-corrected chi connectivity index (χ1v) is 10.8. The number of carbonyl (C=O) groups is 2. The normalized spacial score (nSPS) is 12.1. The van der Waals surface area contributed by atoms with Gasteiger partial charge in [-0.15, -0.1) is 11.3 Å². The second kappa shape index (κ2) is 8.73. The first kappa shape index (κ1) is 20.8. The number of nitrogens with one attached hydrogen (secondary N) is 1. The molecule has 0 bridgehead atoms. The Bertz CT molecular complexity index is 1250. The van der Waals surface area contributed by atoms with E-state index in [1.807, 2.05) is 6.92 Å². The average Bonchev–Trinajstić information content (AvgIpc) is 3.45.